The zero-order valence-electron chi connectivity index (χ0n) is 20.6. The lowest BCUT2D eigenvalue weighted by Crippen LogP contribution is -2.52. The van der Waals surface area contributed by atoms with E-state index < -0.39 is 0 Å². The number of carbonyl (C=O) groups excluding carboxylic acids is 1. The third-order valence-corrected chi connectivity index (χ3v) is 7.94. The largest absolute Gasteiger partial charge is 0.492 e. The fraction of sp³-hybridized carbons (Fsp3) is 0.444. The standard InChI is InChI=1S/C27H32ClN5O2S/c1-2-35-24-8-4-3-7-23(24)31-14-16-32(17-15-31)26(34)21-6-5-13-33(19-21)27-29-25(30-36-27)18-20-9-11-22(28)12-10-20/h3-4,7-12,21H,2,5-6,13-19H2,1H3. The first kappa shape index (κ1) is 24.8. The number of ether oxygens (including phenoxy) is 1. The van der Waals surface area contributed by atoms with E-state index in [1.54, 1.807) is 0 Å². The van der Waals surface area contributed by atoms with Crippen LogP contribution in [0.15, 0.2) is 48.5 Å². The number of piperazine rings is 1. The number of hydrogen-bond donors (Lipinski definition) is 0. The molecule has 9 heteroatoms. The topological polar surface area (TPSA) is 61.8 Å². The van der Waals surface area contributed by atoms with Crippen LogP contribution in [0.5, 0.6) is 5.75 Å². The molecule has 0 spiro atoms. The number of piperidine rings is 1. The Morgan fingerprint density at radius 3 is 2.61 bits per heavy atom. The third kappa shape index (κ3) is 5.76. The molecule has 36 heavy (non-hydrogen) atoms. The predicted octanol–water partition coefficient (Wildman–Crippen LogP) is 4.75. The van der Waals surface area contributed by atoms with Crippen molar-refractivity contribution >= 4 is 39.9 Å². The SMILES string of the molecule is CCOc1ccccc1N1CCN(C(=O)C2CCCN(c3nc(Cc4ccc(Cl)cc4)ns3)C2)CC1. The van der Waals surface area contributed by atoms with Crippen LogP contribution < -0.4 is 14.5 Å². The van der Waals surface area contributed by atoms with Crippen LogP contribution in [0.2, 0.25) is 5.02 Å². The monoisotopic (exact) mass is 525 g/mol. The van der Waals surface area contributed by atoms with E-state index >= 15 is 0 Å². The summed E-state index contributed by atoms with van der Waals surface area (Å²) in [6.45, 7) is 7.38. The van der Waals surface area contributed by atoms with Crippen LogP contribution in [0.4, 0.5) is 10.8 Å². The smallest absolute Gasteiger partial charge is 0.227 e. The number of benzene rings is 2. The Morgan fingerprint density at radius 2 is 1.83 bits per heavy atom. The molecular weight excluding hydrogens is 494 g/mol. The van der Waals surface area contributed by atoms with Crippen LogP contribution in [-0.2, 0) is 11.2 Å². The summed E-state index contributed by atoms with van der Waals surface area (Å²) in [5.74, 6) is 2.00. The lowest BCUT2D eigenvalue weighted by atomic mass is 9.96. The molecule has 0 radical (unpaired) electrons. The van der Waals surface area contributed by atoms with Crippen LogP contribution in [0.3, 0.4) is 0 Å². The van der Waals surface area contributed by atoms with Gasteiger partial charge in [-0.05, 0) is 49.6 Å². The minimum atomic E-state index is 0.00428. The zero-order chi connectivity index (χ0) is 24.9. The summed E-state index contributed by atoms with van der Waals surface area (Å²) < 4.78 is 10.4. The van der Waals surface area contributed by atoms with Gasteiger partial charge in [0.15, 0.2) is 0 Å². The number of halogens is 1. The Hall–Kier alpha value is -2.84. The summed E-state index contributed by atoms with van der Waals surface area (Å²) in [5, 5.41) is 1.64. The van der Waals surface area contributed by atoms with Crippen molar-refractivity contribution in [2.45, 2.75) is 26.2 Å². The van der Waals surface area contributed by atoms with Crippen molar-refractivity contribution in [3.63, 3.8) is 0 Å². The first-order chi connectivity index (χ1) is 17.6. The van der Waals surface area contributed by atoms with Gasteiger partial charge in [-0.15, -0.1) is 0 Å². The molecular formula is C27H32ClN5O2S. The second kappa shape index (κ2) is 11.5. The molecule has 2 fully saturated rings. The van der Waals surface area contributed by atoms with E-state index in [1.807, 2.05) is 54.3 Å². The number of anilines is 2. The molecule has 3 heterocycles. The average molecular weight is 526 g/mol. The molecule has 1 unspecified atom stereocenters. The normalized spacial score (nSPS) is 18.4. The molecule has 5 rings (SSSR count). The molecule has 2 aliphatic heterocycles. The molecule has 0 aliphatic carbocycles. The number of nitrogens with zero attached hydrogens (tertiary/aromatic N) is 5. The van der Waals surface area contributed by atoms with E-state index in [9.17, 15) is 4.79 Å². The first-order valence-electron chi connectivity index (χ1n) is 12.7. The van der Waals surface area contributed by atoms with Gasteiger partial charge in [0.2, 0.25) is 11.0 Å². The van der Waals surface area contributed by atoms with Gasteiger partial charge in [0, 0.05) is 62.2 Å². The van der Waals surface area contributed by atoms with Gasteiger partial charge in [-0.25, -0.2) is 4.98 Å². The van der Waals surface area contributed by atoms with Gasteiger partial charge in [-0.1, -0.05) is 35.9 Å². The van der Waals surface area contributed by atoms with E-state index in [1.165, 1.54) is 11.5 Å². The molecule has 7 nitrogen and oxygen atoms in total. The lowest BCUT2D eigenvalue weighted by Gasteiger charge is -2.40. The number of aromatic nitrogens is 2. The van der Waals surface area contributed by atoms with Crippen molar-refractivity contribution in [1.29, 1.82) is 0 Å². The second-order valence-corrected chi connectivity index (χ2v) is 10.5. The van der Waals surface area contributed by atoms with E-state index in [0.29, 0.717) is 19.6 Å². The first-order valence-corrected chi connectivity index (χ1v) is 13.8. The molecule has 0 saturated carbocycles. The summed E-state index contributed by atoms with van der Waals surface area (Å²) in [6.07, 6.45) is 2.60. The van der Waals surface area contributed by atoms with Crippen molar-refractivity contribution in [3.05, 3.63) is 64.9 Å². The fourth-order valence-corrected chi connectivity index (χ4v) is 5.85. The van der Waals surface area contributed by atoms with Crippen LogP contribution in [0, 0.1) is 5.92 Å². The Labute approximate surface area is 221 Å². The number of amides is 1. The number of carbonyl (C=O) groups is 1. The highest BCUT2D eigenvalue weighted by Gasteiger charge is 2.32. The highest BCUT2D eigenvalue weighted by Crippen LogP contribution is 2.30. The van der Waals surface area contributed by atoms with Crippen LogP contribution in [0.1, 0.15) is 31.2 Å². The maximum Gasteiger partial charge on any atom is 0.227 e. The molecule has 2 aromatic carbocycles. The van der Waals surface area contributed by atoms with Gasteiger partial charge in [0.05, 0.1) is 18.2 Å². The van der Waals surface area contributed by atoms with E-state index in [2.05, 4.69) is 20.2 Å². The summed E-state index contributed by atoms with van der Waals surface area (Å²) >= 11 is 7.42. The van der Waals surface area contributed by atoms with Gasteiger partial charge in [0.25, 0.3) is 0 Å². The van der Waals surface area contributed by atoms with Crippen molar-refractivity contribution in [2.75, 3.05) is 55.7 Å². The Balaban J connectivity index is 1.17. The summed E-state index contributed by atoms with van der Waals surface area (Å²) in [5.41, 5.74) is 2.25. The second-order valence-electron chi connectivity index (χ2n) is 9.29. The van der Waals surface area contributed by atoms with Crippen molar-refractivity contribution in [2.24, 2.45) is 5.92 Å². The average Bonchev–Trinajstić information content (AvgIpc) is 3.39. The number of hydrogen-bond acceptors (Lipinski definition) is 7. The van der Waals surface area contributed by atoms with E-state index in [0.717, 1.165) is 78.5 Å². The Morgan fingerprint density at radius 1 is 1.06 bits per heavy atom. The van der Waals surface area contributed by atoms with E-state index in [4.69, 9.17) is 21.3 Å². The van der Waals surface area contributed by atoms with Crippen LogP contribution in [0.25, 0.3) is 0 Å². The van der Waals surface area contributed by atoms with Crippen molar-refractivity contribution in [3.8, 4) is 5.75 Å². The lowest BCUT2D eigenvalue weighted by molar-refractivity contribution is -0.136. The molecule has 1 amide bonds. The molecule has 0 N–H and O–H groups in total. The number of para-hydroxylation sites is 2. The van der Waals surface area contributed by atoms with E-state index in [-0.39, 0.29) is 11.8 Å². The predicted molar refractivity (Wildman–Crippen MR) is 146 cm³/mol. The maximum absolute atomic E-state index is 13.4. The quantitative estimate of drug-likeness (QED) is 0.444. The highest BCUT2D eigenvalue weighted by molar-refractivity contribution is 7.09. The molecule has 3 aromatic rings. The molecule has 1 aromatic heterocycles. The minimum absolute atomic E-state index is 0.00428. The Kier molecular flexibility index (Phi) is 7.92. The molecule has 0 bridgehead atoms. The third-order valence-electron chi connectivity index (χ3n) is 6.87. The molecule has 1 atom stereocenters. The summed E-state index contributed by atoms with van der Waals surface area (Å²) in [6, 6.07) is 16.0. The summed E-state index contributed by atoms with van der Waals surface area (Å²) in [4.78, 5) is 24.8. The molecule has 2 aliphatic rings. The van der Waals surface area contributed by atoms with Crippen molar-refractivity contribution in [1.82, 2.24) is 14.3 Å². The summed E-state index contributed by atoms with van der Waals surface area (Å²) in [7, 11) is 0. The number of rotatable bonds is 7. The van der Waals surface area contributed by atoms with Gasteiger partial charge < -0.3 is 19.4 Å². The zero-order valence-corrected chi connectivity index (χ0v) is 22.2. The van der Waals surface area contributed by atoms with Crippen LogP contribution >= 0.6 is 23.1 Å². The fourth-order valence-electron chi connectivity index (χ4n) is 5.00. The molecule has 190 valence electrons. The maximum atomic E-state index is 13.4. The van der Waals surface area contributed by atoms with Gasteiger partial charge in [0.1, 0.15) is 11.6 Å². The highest BCUT2D eigenvalue weighted by atomic mass is 35.5. The van der Waals surface area contributed by atoms with Gasteiger partial charge in [-0.3, -0.25) is 4.79 Å². The van der Waals surface area contributed by atoms with Crippen molar-refractivity contribution < 1.29 is 9.53 Å². The van der Waals surface area contributed by atoms with Gasteiger partial charge >= 0.3 is 0 Å². The molecule has 2 saturated heterocycles. The van der Waals surface area contributed by atoms with Gasteiger partial charge in [-0.2, -0.15) is 4.37 Å². The minimum Gasteiger partial charge on any atom is -0.492 e. The van der Waals surface area contributed by atoms with Crippen LogP contribution in [-0.4, -0.2) is 66.0 Å². The Bertz CT molecular complexity index is 1160.